The smallest absolute Gasteiger partial charge is 0.267 e. The molecule has 1 N–H and O–H groups in total. The molecule has 0 aromatic heterocycles. The first-order chi connectivity index (χ1) is 12.5. The van der Waals surface area contributed by atoms with E-state index in [0.717, 1.165) is 16.3 Å². The van der Waals surface area contributed by atoms with Gasteiger partial charge in [-0.15, -0.1) is 0 Å². The number of benzene rings is 3. The molecule has 4 nitrogen and oxygen atoms in total. The maximum Gasteiger partial charge on any atom is 0.267 e. The maximum atomic E-state index is 12.2. The van der Waals surface area contributed by atoms with Gasteiger partial charge in [0.1, 0.15) is 0 Å². The SMILES string of the molecule is CC(ON=Cc1ccc(Cl)c(Cl)c1)C(=O)Nc1ccc2ccccc2c1. The third-order valence-corrected chi connectivity index (χ3v) is 4.49. The Morgan fingerprint density at radius 3 is 2.58 bits per heavy atom. The van der Waals surface area contributed by atoms with Gasteiger partial charge in [-0.1, -0.05) is 64.8 Å². The standard InChI is InChI=1S/C20H16Cl2N2O2/c1-13(26-23-12-14-6-9-18(21)19(22)10-14)20(25)24-17-8-7-15-4-2-3-5-16(15)11-17/h2-13H,1H3,(H,24,25). The second kappa shape index (κ2) is 8.21. The summed E-state index contributed by atoms with van der Waals surface area (Å²) in [6.07, 6.45) is 0.725. The lowest BCUT2D eigenvalue weighted by atomic mass is 10.1. The van der Waals surface area contributed by atoms with Crippen LogP contribution in [0.3, 0.4) is 0 Å². The highest BCUT2D eigenvalue weighted by atomic mass is 35.5. The second-order valence-corrected chi connectivity index (χ2v) is 6.52. The van der Waals surface area contributed by atoms with E-state index in [2.05, 4.69) is 10.5 Å². The van der Waals surface area contributed by atoms with Crippen molar-refractivity contribution < 1.29 is 9.63 Å². The van der Waals surface area contributed by atoms with E-state index in [-0.39, 0.29) is 5.91 Å². The van der Waals surface area contributed by atoms with Gasteiger partial charge < -0.3 is 10.2 Å². The molecule has 0 saturated carbocycles. The first kappa shape index (κ1) is 18.2. The molecule has 0 spiro atoms. The van der Waals surface area contributed by atoms with Crippen LogP contribution in [0.15, 0.2) is 65.8 Å². The summed E-state index contributed by atoms with van der Waals surface area (Å²) < 4.78 is 0. The van der Waals surface area contributed by atoms with Crippen LogP contribution < -0.4 is 5.32 Å². The van der Waals surface area contributed by atoms with Crippen LogP contribution in [0.1, 0.15) is 12.5 Å². The van der Waals surface area contributed by atoms with Crippen LogP contribution in [0, 0.1) is 0 Å². The monoisotopic (exact) mass is 386 g/mol. The van der Waals surface area contributed by atoms with E-state index in [0.29, 0.717) is 15.7 Å². The van der Waals surface area contributed by atoms with E-state index in [9.17, 15) is 4.79 Å². The number of nitrogens with one attached hydrogen (secondary N) is 1. The van der Waals surface area contributed by atoms with Crippen molar-refractivity contribution in [2.75, 3.05) is 5.32 Å². The molecule has 3 aromatic rings. The zero-order chi connectivity index (χ0) is 18.5. The third-order valence-electron chi connectivity index (χ3n) is 3.75. The van der Waals surface area contributed by atoms with Crippen LogP contribution in [-0.4, -0.2) is 18.2 Å². The molecule has 3 aromatic carbocycles. The molecule has 1 unspecified atom stereocenters. The van der Waals surface area contributed by atoms with E-state index in [1.54, 1.807) is 25.1 Å². The number of halogens is 2. The highest BCUT2D eigenvalue weighted by molar-refractivity contribution is 6.42. The van der Waals surface area contributed by atoms with E-state index in [4.69, 9.17) is 28.0 Å². The quantitative estimate of drug-likeness (QED) is 0.463. The fourth-order valence-corrected chi connectivity index (χ4v) is 2.64. The average Bonchev–Trinajstić information content (AvgIpc) is 2.64. The Kier molecular flexibility index (Phi) is 5.76. The van der Waals surface area contributed by atoms with Crippen molar-refractivity contribution in [3.05, 3.63) is 76.3 Å². The predicted octanol–water partition coefficient (Wildman–Crippen LogP) is 5.52. The average molecular weight is 387 g/mol. The topological polar surface area (TPSA) is 50.7 Å². The molecular formula is C20H16Cl2N2O2. The third kappa shape index (κ3) is 4.54. The van der Waals surface area contributed by atoms with E-state index in [1.807, 2.05) is 42.5 Å². The molecule has 0 bridgehead atoms. The first-order valence-corrected chi connectivity index (χ1v) is 8.72. The lowest BCUT2D eigenvalue weighted by Crippen LogP contribution is -2.26. The lowest BCUT2D eigenvalue weighted by Gasteiger charge is -2.11. The van der Waals surface area contributed by atoms with Gasteiger partial charge in [-0.25, -0.2) is 0 Å². The predicted molar refractivity (Wildman–Crippen MR) is 107 cm³/mol. The molecular weight excluding hydrogens is 371 g/mol. The maximum absolute atomic E-state index is 12.2. The number of nitrogens with zero attached hydrogens (tertiary/aromatic N) is 1. The summed E-state index contributed by atoms with van der Waals surface area (Å²) in [5.41, 5.74) is 1.43. The molecule has 0 aliphatic rings. The number of hydrogen-bond acceptors (Lipinski definition) is 3. The van der Waals surface area contributed by atoms with Gasteiger partial charge in [-0.05, 0) is 47.5 Å². The van der Waals surface area contributed by atoms with Gasteiger partial charge in [-0.2, -0.15) is 0 Å². The van der Waals surface area contributed by atoms with Gasteiger partial charge in [0.15, 0.2) is 0 Å². The molecule has 3 rings (SSSR count). The zero-order valence-electron chi connectivity index (χ0n) is 13.9. The Labute approximate surface area is 161 Å². The van der Waals surface area contributed by atoms with Gasteiger partial charge in [0.2, 0.25) is 6.10 Å². The molecule has 132 valence electrons. The number of rotatable bonds is 5. The lowest BCUT2D eigenvalue weighted by molar-refractivity contribution is -0.126. The number of carbonyl (C=O) groups excluding carboxylic acids is 1. The summed E-state index contributed by atoms with van der Waals surface area (Å²) in [5.74, 6) is -0.286. The number of amides is 1. The Morgan fingerprint density at radius 1 is 1.04 bits per heavy atom. The molecule has 6 heteroatoms. The Balaban J connectivity index is 1.59. The van der Waals surface area contributed by atoms with Gasteiger partial charge in [0.05, 0.1) is 16.3 Å². The zero-order valence-corrected chi connectivity index (χ0v) is 15.5. The van der Waals surface area contributed by atoms with Crippen LogP contribution in [0.25, 0.3) is 10.8 Å². The summed E-state index contributed by atoms with van der Waals surface area (Å²) in [6.45, 7) is 1.63. The van der Waals surface area contributed by atoms with Crippen molar-refractivity contribution in [1.82, 2.24) is 0 Å². The van der Waals surface area contributed by atoms with Gasteiger partial charge in [0.25, 0.3) is 5.91 Å². The summed E-state index contributed by atoms with van der Waals surface area (Å²) in [5, 5.41) is 9.72. The van der Waals surface area contributed by atoms with Crippen LogP contribution >= 0.6 is 23.2 Å². The van der Waals surface area contributed by atoms with Crippen LogP contribution in [0.5, 0.6) is 0 Å². The minimum absolute atomic E-state index is 0.286. The summed E-state index contributed by atoms with van der Waals surface area (Å²) >= 11 is 11.8. The molecule has 0 saturated heterocycles. The van der Waals surface area contributed by atoms with Crippen LogP contribution in [0.2, 0.25) is 10.0 Å². The molecule has 0 heterocycles. The van der Waals surface area contributed by atoms with Gasteiger partial charge in [0, 0.05) is 5.69 Å². The van der Waals surface area contributed by atoms with Crippen molar-refractivity contribution in [2.45, 2.75) is 13.0 Å². The minimum Gasteiger partial charge on any atom is -0.383 e. The molecule has 1 amide bonds. The van der Waals surface area contributed by atoms with Crippen molar-refractivity contribution in [3.8, 4) is 0 Å². The Hall–Kier alpha value is -2.56. The highest BCUT2D eigenvalue weighted by Crippen LogP contribution is 2.22. The van der Waals surface area contributed by atoms with Crippen LogP contribution in [-0.2, 0) is 9.63 Å². The number of hydrogen-bond donors (Lipinski definition) is 1. The van der Waals surface area contributed by atoms with Crippen molar-refractivity contribution in [1.29, 1.82) is 0 Å². The fourth-order valence-electron chi connectivity index (χ4n) is 2.33. The van der Waals surface area contributed by atoms with Crippen molar-refractivity contribution >= 4 is 51.8 Å². The largest absolute Gasteiger partial charge is 0.383 e. The number of anilines is 1. The normalized spacial score (nSPS) is 12.3. The highest BCUT2D eigenvalue weighted by Gasteiger charge is 2.14. The summed E-state index contributed by atoms with van der Waals surface area (Å²) in [7, 11) is 0. The van der Waals surface area contributed by atoms with Crippen molar-refractivity contribution in [3.63, 3.8) is 0 Å². The summed E-state index contributed by atoms with van der Waals surface area (Å²) in [4.78, 5) is 17.5. The molecule has 1 atom stereocenters. The van der Waals surface area contributed by atoms with Gasteiger partial charge >= 0.3 is 0 Å². The molecule has 26 heavy (non-hydrogen) atoms. The van der Waals surface area contributed by atoms with E-state index in [1.165, 1.54) is 6.21 Å². The van der Waals surface area contributed by atoms with Gasteiger partial charge in [-0.3, -0.25) is 4.79 Å². The summed E-state index contributed by atoms with van der Waals surface area (Å²) in [6, 6.07) is 18.7. The minimum atomic E-state index is -0.750. The van der Waals surface area contributed by atoms with E-state index >= 15 is 0 Å². The molecule has 0 aliphatic carbocycles. The first-order valence-electron chi connectivity index (χ1n) is 7.97. The molecule has 0 aliphatic heterocycles. The second-order valence-electron chi connectivity index (χ2n) is 5.71. The molecule has 0 fully saturated rings. The number of oxime groups is 1. The van der Waals surface area contributed by atoms with E-state index < -0.39 is 6.10 Å². The van der Waals surface area contributed by atoms with Crippen LogP contribution in [0.4, 0.5) is 5.69 Å². The molecule has 0 radical (unpaired) electrons. The fraction of sp³-hybridized carbons (Fsp3) is 0.100. The Morgan fingerprint density at radius 2 is 1.81 bits per heavy atom. The number of carbonyl (C=O) groups is 1. The van der Waals surface area contributed by atoms with Crippen molar-refractivity contribution in [2.24, 2.45) is 5.16 Å². The number of fused-ring (bicyclic) bond motifs is 1. The Bertz CT molecular complexity index is 973.